The molecule has 1 N–H and O–H groups in total. The first kappa shape index (κ1) is 14.5. The molecule has 0 aromatic heterocycles. The summed E-state index contributed by atoms with van der Waals surface area (Å²) in [7, 11) is 1.44. The van der Waals surface area contributed by atoms with E-state index in [1.807, 2.05) is 6.07 Å². The van der Waals surface area contributed by atoms with Crippen LogP contribution >= 0.6 is 0 Å². The molecule has 0 aliphatic heterocycles. The van der Waals surface area contributed by atoms with Gasteiger partial charge in [0.2, 0.25) is 0 Å². The molecule has 5 heteroatoms. The number of nitrogens with one attached hydrogen (secondary N) is 1. The summed E-state index contributed by atoms with van der Waals surface area (Å²) in [5.41, 5.74) is 1.53. The SMILES string of the molecule is COc1cc(C#N)ccc1NC(=O)c1ccc(C)c(F)c1. The largest absolute Gasteiger partial charge is 0.495 e. The van der Waals surface area contributed by atoms with Crippen LogP contribution in [0.25, 0.3) is 0 Å². The van der Waals surface area contributed by atoms with Gasteiger partial charge in [-0.3, -0.25) is 4.79 Å². The lowest BCUT2D eigenvalue weighted by Crippen LogP contribution is -2.13. The molecule has 2 aromatic rings. The third-order valence-electron chi connectivity index (χ3n) is 3.01. The molecule has 21 heavy (non-hydrogen) atoms. The van der Waals surface area contributed by atoms with Crippen LogP contribution in [0.15, 0.2) is 36.4 Å². The van der Waals surface area contributed by atoms with Gasteiger partial charge in [-0.25, -0.2) is 4.39 Å². The number of hydrogen-bond donors (Lipinski definition) is 1. The number of anilines is 1. The molecule has 0 radical (unpaired) electrons. The molecule has 0 saturated heterocycles. The van der Waals surface area contributed by atoms with Crippen molar-refractivity contribution in [3.05, 3.63) is 58.9 Å². The summed E-state index contributed by atoms with van der Waals surface area (Å²) in [4.78, 5) is 12.1. The highest BCUT2D eigenvalue weighted by molar-refractivity contribution is 6.05. The Labute approximate surface area is 121 Å². The molecular weight excluding hydrogens is 271 g/mol. The van der Waals surface area contributed by atoms with Crippen LogP contribution in [0.1, 0.15) is 21.5 Å². The highest BCUT2D eigenvalue weighted by Crippen LogP contribution is 2.26. The molecule has 2 aromatic carbocycles. The van der Waals surface area contributed by atoms with Gasteiger partial charge in [-0.15, -0.1) is 0 Å². The third kappa shape index (κ3) is 3.18. The van der Waals surface area contributed by atoms with Gasteiger partial charge in [-0.1, -0.05) is 6.07 Å². The minimum atomic E-state index is -0.447. The number of nitrogens with zero attached hydrogens (tertiary/aromatic N) is 1. The van der Waals surface area contributed by atoms with Crippen LogP contribution in [0.4, 0.5) is 10.1 Å². The fourth-order valence-electron chi connectivity index (χ4n) is 1.79. The second-order valence-corrected chi connectivity index (χ2v) is 4.44. The van der Waals surface area contributed by atoms with E-state index in [2.05, 4.69) is 5.32 Å². The first-order valence-corrected chi connectivity index (χ1v) is 6.21. The maximum Gasteiger partial charge on any atom is 0.255 e. The number of hydrogen-bond acceptors (Lipinski definition) is 3. The Bertz CT molecular complexity index is 736. The summed E-state index contributed by atoms with van der Waals surface area (Å²) >= 11 is 0. The highest BCUT2D eigenvalue weighted by Gasteiger charge is 2.12. The summed E-state index contributed by atoms with van der Waals surface area (Å²) < 4.78 is 18.6. The van der Waals surface area contributed by atoms with Crippen molar-refractivity contribution < 1.29 is 13.9 Å². The van der Waals surface area contributed by atoms with Crippen molar-refractivity contribution in [1.29, 1.82) is 5.26 Å². The molecule has 0 heterocycles. The fourth-order valence-corrected chi connectivity index (χ4v) is 1.79. The number of benzene rings is 2. The summed E-state index contributed by atoms with van der Waals surface area (Å²) in [6, 6.07) is 10.9. The lowest BCUT2D eigenvalue weighted by Gasteiger charge is -2.10. The zero-order valence-corrected chi connectivity index (χ0v) is 11.6. The molecule has 2 rings (SSSR count). The van der Waals surface area contributed by atoms with E-state index >= 15 is 0 Å². The predicted molar refractivity (Wildman–Crippen MR) is 76.8 cm³/mol. The molecule has 0 saturated carbocycles. The number of rotatable bonds is 3. The van der Waals surface area contributed by atoms with Crippen molar-refractivity contribution in [3.63, 3.8) is 0 Å². The maximum absolute atomic E-state index is 13.5. The van der Waals surface area contributed by atoms with Crippen molar-refractivity contribution in [3.8, 4) is 11.8 Å². The molecule has 0 bridgehead atoms. The van der Waals surface area contributed by atoms with Gasteiger partial charge in [0.25, 0.3) is 5.91 Å². The summed E-state index contributed by atoms with van der Waals surface area (Å²) in [5, 5.41) is 11.5. The van der Waals surface area contributed by atoms with Crippen LogP contribution < -0.4 is 10.1 Å². The van der Waals surface area contributed by atoms with Gasteiger partial charge in [0.05, 0.1) is 24.4 Å². The number of ether oxygens (including phenoxy) is 1. The monoisotopic (exact) mass is 284 g/mol. The van der Waals surface area contributed by atoms with Gasteiger partial charge in [0.15, 0.2) is 0 Å². The Kier molecular flexibility index (Phi) is 4.19. The minimum Gasteiger partial charge on any atom is -0.495 e. The number of halogens is 1. The van der Waals surface area contributed by atoms with E-state index in [4.69, 9.17) is 10.00 Å². The van der Waals surface area contributed by atoms with Crippen LogP contribution in [-0.2, 0) is 0 Å². The molecule has 0 unspecified atom stereocenters. The van der Waals surface area contributed by atoms with Gasteiger partial charge < -0.3 is 10.1 Å². The number of nitriles is 1. The highest BCUT2D eigenvalue weighted by atomic mass is 19.1. The third-order valence-corrected chi connectivity index (χ3v) is 3.01. The Morgan fingerprint density at radius 3 is 2.67 bits per heavy atom. The second-order valence-electron chi connectivity index (χ2n) is 4.44. The Hall–Kier alpha value is -2.87. The second kappa shape index (κ2) is 6.06. The molecule has 0 atom stereocenters. The maximum atomic E-state index is 13.5. The van der Waals surface area contributed by atoms with E-state index < -0.39 is 11.7 Å². The molecule has 0 aliphatic rings. The minimum absolute atomic E-state index is 0.213. The molecule has 0 aliphatic carbocycles. The van der Waals surface area contributed by atoms with Crippen LogP contribution in [0.3, 0.4) is 0 Å². The van der Waals surface area contributed by atoms with E-state index in [0.717, 1.165) is 0 Å². The smallest absolute Gasteiger partial charge is 0.255 e. The van der Waals surface area contributed by atoms with Gasteiger partial charge >= 0.3 is 0 Å². The Balaban J connectivity index is 2.27. The van der Waals surface area contributed by atoms with Gasteiger partial charge in [-0.2, -0.15) is 5.26 Å². The number of amides is 1. The van der Waals surface area contributed by atoms with Crippen LogP contribution in [0, 0.1) is 24.1 Å². The number of aryl methyl sites for hydroxylation is 1. The van der Waals surface area contributed by atoms with Crippen LogP contribution in [-0.4, -0.2) is 13.0 Å². The fraction of sp³-hybridized carbons (Fsp3) is 0.125. The molecular formula is C16H13FN2O2. The van der Waals surface area contributed by atoms with Crippen LogP contribution in [0.2, 0.25) is 0 Å². The zero-order valence-electron chi connectivity index (χ0n) is 11.6. The van der Waals surface area contributed by atoms with Gasteiger partial charge in [0.1, 0.15) is 11.6 Å². The molecule has 4 nitrogen and oxygen atoms in total. The summed E-state index contributed by atoms with van der Waals surface area (Å²) in [6.45, 7) is 1.63. The quantitative estimate of drug-likeness (QED) is 0.941. The van der Waals surface area contributed by atoms with Crippen molar-refractivity contribution in [2.75, 3.05) is 12.4 Å². The van der Waals surface area contributed by atoms with E-state index in [1.54, 1.807) is 31.2 Å². The summed E-state index contributed by atoms with van der Waals surface area (Å²) in [5.74, 6) is -0.513. The van der Waals surface area contributed by atoms with E-state index in [0.29, 0.717) is 22.6 Å². The predicted octanol–water partition coefficient (Wildman–Crippen LogP) is 3.27. The van der Waals surface area contributed by atoms with Gasteiger partial charge in [-0.05, 0) is 36.8 Å². The number of carbonyl (C=O) groups excluding carboxylic acids is 1. The average Bonchev–Trinajstić information content (AvgIpc) is 2.50. The van der Waals surface area contributed by atoms with Crippen molar-refractivity contribution in [2.45, 2.75) is 6.92 Å². The number of methoxy groups -OCH3 is 1. The standard InChI is InChI=1S/C16H13FN2O2/c1-10-3-5-12(8-13(10)17)16(20)19-14-6-4-11(9-18)7-15(14)21-2/h3-8H,1-2H3,(H,19,20). The van der Waals surface area contributed by atoms with Gasteiger partial charge in [0, 0.05) is 11.6 Å². The normalized spacial score (nSPS) is 9.81. The molecule has 0 spiro atoms. The van der Waals surface area contributed by atoms with E-state index in [-0.39, 0.29) is 5.56 Å². The Morgan fingerprint density at radius 2 is 2.05 bits per heavy atom. The van der Waals surface area contributed by atoms with Crippen molar-refractivity contribution in [1.82, 2.24) is 0 Å². The Morgan fingerprint density at radius 1 is 1.29 bits per heavy atom. The van der Waals surface area contributed by atoms with Crippen molar-refractivity contribution >= 4 is 11.6 Å². The zero-order chi connectivity index (χ0) is 15.4. The van der Waals surface area contributed by atoms with Crippen molar-refractivity contribution in [2.24, 2.45) is 0 Å². The topological polar surface area (TPSA) is 62.1 Å². The van der Waals surface area contributed by atoms with E-state index in [1.165, 1.54) is 19.2 Å². The molecule has 0 fully saturated rings. The first-order chi connectivity index (χ1) is 10.0. The lowest BCUT2D eigenvalue weighted by molar-refractivity contribution is 0.102. The summed E-state index contributed by atoms with van der Waals surface area (Å²) in [6.07, 6.45) is 0. The number of carbonyl (C=O) groups is 1. The molecule has 106 valence electrons. The van der Waals surface area contributed by atoms with Crippen LogP contribution in [0.5, 0.6) is 5.75 Å². The first-order valence-electron chi connectivity index (χ1n) is 6.21. The van der Waals surface area contributed by atoms with E-state index in [9.17, 15) is 9.18 Å². The average molecular weight is 284 g/mol. The molecule has 1 amide bonds. The lowest BCUT2D eigenvalue weighted by atomic mass is 10.1.